The lowest BCUT2D eigenvalue weighted by molar-refractivity contribution is -0.145. The lowest BCUT2D eigenvalue weighted by Crippen LogP contribution is -2.20. The molecule has 0 aromatic carbocycles. The van der Waals surface area contributed by atoms with Gasteiger partial charge in [0.2, 0.25) is 0 Å². The Morgan fingerprint density at radius 3 is 2.04 bits per heavy atom. The van der Waals surface area contributed by atoms with Gasteiger partial charge in [0.25, 0.3) is 0 Å². The maximum atomic E-state index is 11.9. The predicted octanol–water partition coefficient (Wildman–Crippen LogP) is 6.77. The fraction of sp³-hybridized carbons (Fsp3) is 0.952. The number of carbonyl (C=O) groups excluding carboxylic acids is 1. The molecule has 2 nitrogen and oxygen atoms in total. The topological polar surface area (TPSA) is 26.3 Å². The van der Waals surface area contributed by atoms with Gasteiger partial charge in [0.05, 0.1) is 6.61 Å². The monoisotopic (exact) mass is 326 g/mol. The highest BCUT2D eigenvalue weighted by Gasteiger charge is 2.17. The minimum absolute atomic E-state index is 0.0111. The van der Waals surface area contributed by atoms with E-state index in [2.05, 4.69) is 34.6 Å². The van der Waals surface area contributed by atoms with Crippen LogP contribution in [-0.2, 0) is 9.53 Å². The van der Waals surface area contributed by atoms with E-state index in [1.54, 1.807) is 0 Å². The number of hydrogen-bond donors (Lipinski definition) is 0. The summed E-state index contributed by atoms with van der Waals surface area (Å²) < 4.78 is 5.54. The fourth-order valence-corrected chi connectivity index (χ4v) is 3.22. The molecule has 0 heterocycles. The van der Waals surface area contributed by atoms with Gasteiger partial charge in [-0.25, -0.2) is 0 Å². The molecule has 0 rings (SSSR count). The zero-order valence-electron chi connectivity index (χ0n) is 16.5. The van der Waals surface area contributed by atoms with Crippen molar-refractivity contribution in [2.75, 3.05) is 6.61 Å². The number of hydrogen-bond acceptors (Lipinski definition) is 2. The number of ether oxygens (including phenoxy) is 1. The summed E-state index contributed by atoms with van der Waals surface area (Å²) in [5, 5.41) is 0. The van der Waals surface area contributed by atoms with E-state index in [-0.39, 0.29) is 5.97 Å². The smallest absolute Gasteiger partial charge is 0.305 e. The number of unbranched alkanes of at least 4 members (excludes halogenated alkanes) is 4. The molecule has 0 radical (unpaired) electrons. The first-order valence-corrected chi connectivity index (χ1v) is 10.2. The number of rotatable bonds is 15. The molecule has 0 aromatic rings. The lowest BCUT2D eigenvalue weighted by atomic mass is 9.87. The molecule has 0 bridgehead atoms. The molecule has 0 saturated carbocycles. The third kappa shape index (κ3) is 13.6. The van der Waals surface area contributed by atoms with E-state index in [9.17, 15) is 4.79 Å². The van der Waals surface area contributed by atoms with Crippen LogP contribution in [0.25, 0.3) is 0 Å². The van der Waals surface area contributed by atoms with Crippen molar-refractivity contribution in [1.29, 1.82) is 0 Å². The van der Waals surface area contributed by atoms with Crippen LogP contribution in [0.15, 0.2) is 0 Å². The minimum atomic E-state index is 0.0111. The van der Waals surface area contributed by atoms with Crippen LogP contribution in [0.5, 0.6) is 0 Å². The molecule has 0 aliphatic heterocycles. The molecule has 23 heavy (non-hydrogen) atoms. The van der Waals surface area contributed by atoms with Crippen LogP contribution in [-0.4, -0.2) is 12.6 Å². The van der Waals surface area contributed by atoms with Gasteiger partial charge in [0.15, 0.2) is 0 Å². The molecule has 0 fully saturated rings. The normalized spacial score (nSPS) is 14.0. The highest BCUT2D eigenvalue weighted by Crippen LogP contribution is 2.22. The molecular weight excluding hydrogens is 284 g/mol. The van der Waals surface area contributed by atoms with Gasteiger partial charge in [-0.05, 0) is 30.6 Å². The van der Waals surface area contributed by atoms with Gasteiger partial charge >= 0.3 is 5.97 Å². The molecule has 0 aromatic heterocycles. The average molecular weight is 327 g/mol. The van der Waals surface area contributed by atoms with Gasteiger partial charge in [-0.1, -0.05) is 86.0 Å². The van der Waals surface area contributed by atoms with E-state index in [1.165, 1.54) is 51.4 Å². The summed E-state index contributed by atoms with van der Waals surface area (Å²) >= 11 is 0. The van der Waals surface area contributed by atoms with Gasteiger partial charge in [0, 0.05) is 6.42 Å². The maximum Gasteiger partial charge on any atom is 0.305 e. The van der Waals surface area contributed by atoms with Gasteiger partial charge < -0.3 is 4.74 Å². The van der Waals surface area contributed by atoms with Gasteiger partial charge in [-0.15, -0.1) is 0 Å². The highest BCUT2D eigenvalue weighted by atomic mass is 16.5. The first-order chi connectivity index (χ1) is 11.0. The van der Waals surface area contributed by atoms with Crippen molar-refractivity contribution in [2.24, 2.45) is 17.8 Å². The zero-order chi connectivity index (χ0) is 17.5. The van der Waals surface area contributed by atoms with Crippen molar-refractivity contribution in [1.82, 2.24) is 0 Å². The number of esters is 1. The third-order valence-corrected chi connectivity index (χ3v) is 4.83. The Balaban J connectivity index is 3.71. The van der Waals surface area contributed by atoms with Crippen LogP contribution in [0.1, 0.15) is 105 Å². The SMILES string of the molecule is CCCC(C)C(CCC)COC(=O)CCCCCCCC(C)C. The Kier molecular flexibility index (Phi) is 14.7. The summed E-state index contributed by atoms with van der Waals surface area (Å²) in [6.45, 7) is 11.9. The molecule has 2 atom stereocenters. The molecule has 0 aliphatic rings. The molecule has 0 spiro atoms. The summed E-state index contributed by atoms with van der Waals surface area (Å²) in [4.78, 5) is 11.9. The van der Waals surface area contributed by atoms with Gasteiger partial charge in [0.1, 0.15) is 0 Å². The molecule has 0 saturated heterocycles. The first kappa shape index (κ1) is 22.5. The van der Waals surface area contributed by atoms with Crippen LogP contribution in [0.4, 0.5) is 0 Å². The van der Waals surface area contributed by atoms with E-state index in [1.807, 2.05) is 0 Å². The predicted molar refractivity (Wildman–Crippen MR) is 101 cm³/mol. The summed E-state index contributed by atoms with van der Waals surface area (Å²) in [6.07, 6.45) is 12.8. The van der Waals surface area contributed by atoms with Crippen LogP contribution < -0.4 is 0 Å². The van der Waals surface area contributed by atoms with Crippen LogP contribution in [0, 0.1) is 17.8 Å². The van der Waals surface area contributed by atoms with Crippen molar-refractivity contribution in [3.8, 4) is 0 Å². The Hall–Kier alpha value is -0.530. The summed E-state index contributed by atoms with van der Waals surface area (Å²) in [5.41, 5.74) is 0. The molecule has 2 heteroatoms. The molecule has 0 N–H and O–H groups in total. The van der Waals surface area contributed by atoms with Crippen LogP contribution >= 0.6 is 0 Å². The van der Waals surface area contributed by atoms with Crippen LogP contribution in [0.3, 0.4) is 0 Å². The minimum Gasteiger partial charge on any atom is -0.465 e. The second-order valence-corrected chi connectivity index (χ2v) is 7.70. The van der Waals surface area contributed by atoms with Gasteiger partial charge in [-0.2, -0.15) is 0 Å². The Bertz CT molecular complexity index is 273. The molecule has 138 valence electrons. The summed E-state index contributed by atoms with van der Waals surface area (Å²) in [5.74, 6) is 2.03. The molecule has 0 aliphatic carbocycles. The lowest BCUT2D eigenvalue weighted by Gasteiger charge is -2.23. The van der Waals surface area contributed by atoms with E-state index >= 15 is 0 Å². The Labute approximate surface area is 145 Å². The maximum absolute atomic E-state index is 11.9. The second kappa shape index (κ2) is 15.0. The molecule has 0 amide bonds. The quantitative estimate of drug-likeness (QED) is 0.245. The van der Waals surface area contributed by atoms with E-state index in [0.29, 0.717) is 24.9 Å². The number of carbonyl (C=O) groups is 1. The largest absolute Gasteiger partial charge is 0.465 e. The molecular formula is C21H42O2. The first-order valence-electron chi connectivity index (χ1n) is 10.2. The van der Waals surface area contributed by atoms with E-state index < -0.39 is 0 Å². The fourth-order valence-electron chi connectivity index (χ4n) is 3.22. The van der Waals surface area contributed by atoms with Crippen molar-refractivity contribution in [3.63, 3.8) is 0 Å². The van der Waals surface area contributed by atoms with Crippen molar-refractivity contribution in [2.45, 2.75) is 105 Å². The Morgan fingerprint density at radius 1 is 0.826 bits per heavy atom. The van der Waals surface area contributed by atoms with Crippen molar-refractivity contribution in [3.05, 3.63) is 0 Å². The molecule has 2 unspecified atom stereocenters. The average Bonchev–Trinajstić information content (AvgIpc) is 2.50. The van der Waals surface area contributed by atoms with Crippen LogP contribution in [0.2, 0.25) is 0 Å². The van der Waals surface area contributed by atoms with Crippen molar-refractivity contribution >= 4 is 5.97 Å². The third-order valence-electron chi connectivity index (χ3n) is 4.83. The summed E-state index contributed by atoms with van der Waals surface area (Å²) in [7, 11) is 0. The van der Waals surface area contributed by atoms with Gasteiger partial charge in [-0.3, -0.25) is 4.79 Å². The highest BCUT2D eigenvalue weighted by molar-refractivity contribution is 5.69. The van der Waals surface area contributed by atoms with E-state index in [0.717, 1.165) is 18.8 Å². The van der Waals surface area contributed by atoms with Crippen molar-refractivity contribution < 1.29 is 9.53 Å². The Morgan fingerprint density at radius 2 is 1.43 bits per heavy atom. The summed E-state index contributed by atoms with van der Waals surface area (Å²) in [6, 6.07) is 0. The second-order valence-electron chi connectivity index (χ2n) is 7.70. The van der Waals surface area contributed by atoms with E-state index in [4.69, 9.17) is 4.74 Å². The zero-order valence-corrected chi connectivity index (χ0v) is 16.5. The standard InChI is InChI=1S/C21H42O2/c1-6-13-19(5)20(14-7-2)17-23-21(22)16-12-10-8-9-11-15-18(3)4/h18-20H,6-17H2,1-5H3.